The molecule has 96 valence electrons. The fourth-order valence-corrected chi connectivity index (χ4v) is 1.55. The third kappa shape index (κ3) is 5.47. The molecule has 0 aliphatic rings. The fourth-order valence-electron chi connectivity index (χ4n) is 1.55. The van der Waals surface area contributed by atoms with Crippen LogP contribution in [-0.4, -0.2) is 21.3 Å². The molecule has 0 aromatic carbocycles. The normalized spacial score (nSPS) is 12.9. The van der Waals surface area contributed by atoms with E-state index in [0.29, 0.717) is 24.1 Å². The zero-order valence-electron chi connectivity index (χ0n) is 10.6. The quantitative estimate of drug-likeness (QED) is 0.791. The molecule has 1 rings (SSSR count). The Morgan fingerprint density at radius 1 is 1.29 bits per heavy atom. The maximum atomic E-state index is 10.5. The van der Waals surface area contributed by atoms with Crippen molar-refractivity contribution in [2.45, 2.75) is 46.5 Å². The molecule has 0 aliphatic heterocycles. The molecular weight excluding hydrogens is 220 g/mol. The molecule has 0 aliphatic carbocycles. The summed E-state index contributed by atoms with van der Waals surface area (Å²) >= 11 is 0. The molecule has 1 aromatic heterocycles. The van der Waals surface area contributed by atoms with Gasteiger partial charge in [-0.15, -0.1) is 10.2 Å². The summed E-state index contributed by atoms with van der Waals surface area (Å²) in [6.45, 7) is 6.16. The topological polar surface area (TPSA) is 76.2 Å². The first-order valence-electron chi connectivity index (χ1n) is 6.00. The number of nitrogens with zero attached hydrogens (tertiary/aromatic N) is 2. The van der Waals surface area contributed by atoms with Crippen molar-refractivity contribution in [2.24, 2.45) is 11.8 Å². The van der Waals surface area contributed by atoms with Gasteiger partial charge in [0.1, 0.15) is 0 Å². The number of hydrogen-bond acceptors (Lipinski definition) is 4. The molecule has 1 unspecified atom stereocenters. The summed E-state index contributed by atoms with van der Waals surface area (Å²) in [6, 6.07) is 0. The zero-order valence-corrected chi connectivity index (χ0v) is 10.6. The molecule has 5 heteroatoms. The molecule has 0 amide bonds. The van der Waals surface area contributed by atoms with E-state index in [2.05, 4.69) is 24.0 Å². The Morgan fingerprint density at radius 3 is 2.53 bits per heavy atom. The smallest absolute Gasteiger partial charge is 0.303 e. The van der Waals surface area contributed by atoms with Crippen LogP contribution in [0.5, 0.6) is 0 Å². The lowest BCUT2D eigenvalue weighted by Gasteiger charge is -2.03. The van der Waals surface area contributed by atoms with Crippen molar-refractivity contribution >= 4 is 5.97 Å². The van der Waals surface area contributed by atoms with Crippen molar-refractivity contribution in [3.8, 4) is 0 Å². The van der Waals surface area contributed by atoms with E-state index in [-0.39, 0.29) is 12.3 Å². The molecule has 0 fully saturated rings. The summed E-state index contributed by atoms with van der Waals surface area (Å²) in [4.78, 5) is 10.5. The average Bonchev–Trinajstić information content (AvgIpc) is 2.61. The molecule has 0 bridgehead atoms. The lowest BCUT2D eigenvalue weighted by molar-refractivity contribution is -0.137. The van der Waals surface area contributed by atoms with Crippen LogP contribution < -0.4 is 0 Å². The van der Waals surface area contributed by atoms with E-state index in [4.69, 9.17) is 9.52 Å². The van der Waals surface area contributed by atoms with Gasteiger partial charge in [-0.1, -0.05) is 20.8 Å². The third-order valence-corrected chi connectivity index (χ3v) is 2.49. The maximum Gasteiger partial charge on any atom is 0.303 e. The van der Waals surface area contributed by atoms with Crippen LogP contribution in [0, 0.1) is 11.8 Å². The summed E-state index contributed by atoms with van der Waals surface area (Å²) in [6.07, 6.45) is 2.47. The maximum absolute atomic E-state index is 10.5. The molecule has 0 spiro atoms. The Labute approximate surface area is 101 Å². The summed E-state index contributed by atoms with van der Waals surface area (Å²) in [5.41, 5.74) is 0. The minimum absolute atomic E-state index is 0.0194. The lowest BCUT2D eigenvalue weighted by atomic mass is 10.0. The van der Waals surface area contributed by atoms with Crippen LogP contribution in [0.25, 0.3) is 0 Å². The second-order valence-corrected chi connectivity index (χ2v) is 4.93. The number of aryl methyl sites for hydroxylation is 1. The second-order valence-electron chi connectivity index (χ2n) is 4.93. The molecule has 0 radical (unpaired) electrons. The van der Waals surface area contributed by atoms with Crippen molar-refractivity contribution in [1.82, 2.24) is 10.2 Å². The Kier molecular flexibility index (Phi) is 5.12. The molecule has 1 heterocycles. The van der Waals surface area contributed by atoms with Gasteiger partial charge in [0.05, 0.1) is 0 Å². The Bertz CT molecular complexity index is 360. The first-order chi connectivity index (χ1) is 7.97. The average molecular weight is 240 g/mol. The number of carboxylic acids is 1. The van der Waals surface area contributed by atoms with E-state index < -0.39 is 5.97 Å². The van der Waals surface area contributed by atoms with E-state index in [0.717, 1.165) is 12.8 Å². The molecule has 5 nitrogen and oxygen atoms in total. The number of aromatic nitrogens is 2. The van der Waals surface area contributed by atoms with Crippen molar-refractivity contribution in [2.75, 3.05) is 0 Å². The lowest BCUT2D eigenvalue weighted by Crippen LogP contribution is -2.07. The van der Waals surface area contributed by atoms with Crippen LogP contribution in [0.1, 0.15) is 45.4 Å². The summed E-state index contributed by atoms with van der Waals surface area (Å²) in [7, 11) is 0. The van der Waals surface area contributed by atoms with Gasteiger partial charge in [-0.05, 0) is 18.3 Å². The zero-order chi connectivity index (χ0) is 12.8. The van der Waals surface area contributed by atoms with Crippen LogP contribution in [0.3, 0.4) is 0 Å². The van der Waals surface area contributed by atoms with E-state index in [1.54, 1.807) is 0 Å². The van der Waals surface area contributed by atoms with Gasteiger partial charge in [-0.3, -0.25) is 4.79 Å². The van der Waals surface area contributed by atoms with Crippen molar-refractivity contribution in [3.05, 3.63) is 11.8 Å². The van der Waals surface area contributed by atoms with Gasteiger partial charge in [0.2, 0.25) is 11.8 Å². The minimum atomic E-state index is -0.794. The third-order valence-electron chi connectivity index (χ3n) is 2.49. The van der Waals surface area contributed by atoms with Gasteiger partial charge >= 0.3 is 5.97 Å². The van der Waals surface area contributed by atoms with E-state index in [1.807, 2.05) is 6.92 Å². The highest BCUT2D eigenvalue weighted by Gasteiger charge is 2.13. The van der Waals surface area contributed by atoms with Gasteiger partial charge in [0.15, 0.2) is 0 Å². The summed E-state index contributed by atoms with van der Waals surface area (Å²) in [5.74, 6) is 1.02. The van der Waals surface area contributed by atoms with Crippen molar-refractivity contribution in [3.63, 3.8) is 0 Å². The second kappa shape index (κ2) is 6.37. The van der Waals surface area contributed by atoms with Gasteiger partial charge in [-0.2, -0.15) is 0 Å². The van der Waals surface area contributed by atoms with Crippen LogP contribution in [0.2, 0.25) is 0 Å². The highest BCUT2D eigenvalue weighted by molar-refractivity contribution is 5.66. The SMILES string of the molecule is CC(C)CCc1nnc(CC(C)CC(=O)O)o1. The predicted octanol–water partition coefficient (Wildman–Crippen LogP) is 2.31. The standard InChI is InChI=1S/C12H20N2O3/c1-8(2)4-5-10-13-14-11(17-10)6-9(3)7-12(15)16/h8-9H,4-7H2,1-3H3,(H,15,16). The fraction of sp³-hybridized carbons (Fsp3) is 0.750. The Morgan fingerprint density at radius 2 is 1.94 bits per heavy atom. The molecule has 1 N–H and O–H groups in total. The van der Waals surface area contributed by atoms with Gasteiger partial charge < -0.3 is 9.52 Å². The monoisotopic (exact) mass is 240 g/mol. The molecule has 0 saturated heterocycles. The number of rotatable bonds is 7. The van der Waals surface area contributed by atoms with Gasteiger partial charge in [0.25, 0.3) is 0 Å². The van der Waals surface area contributed by atoms with Gasteiger partial charge in [0, 0.05) is 19.3 Å². The van der Waals surface area contributed by atoms with Crippen LogP contribution in [-0.2, 0) is 17.6 Å². The molecule has 1 atom stereocenters. The first-order valence-corrected chi connectivity index (χ1v) is 6.00. The largest absolute Gasteiger partial charge is 0.481 e. The predicted molar refractivity (Wildman–Crippen MR) is 62.6 cm³/mol. The van der Waals surface area contributed by atoms with Crippen LogP contribution >= 0.6 is 0 Å². The van der Waals surface area contributed by atoms with Gasteiger partial charge in [-0.25, -0.2) is 0 Å². The molecule has 17 heavy (non-hydrogen) atoms. The molecular formula is C12H20N2O3. The van der Waals surface area contributed by atoms with Crippen molar-refractivity contribution in [1.29, 1.82) is 0 Å². The van der Waals surface area contributed by atoms with Crippen LogP contribution in [0.15, 0.2) is 4.42 Å². The highest BCUT2D eigenvalue weighted by atomic mass is 16.4. The van der Waals surface area contributed by atoms with E-state index in [9.17, 15) is 4.79 Å². The first kappa shape index (κ1) is 13.7. The van der Waals surface area contributed by atoms with Crippen molar-refractivity contribution < 1.29 is 14.3 Å². The molecule has 1 aromatic rings. The number of hydrogen-bond donors (Lipinski definition) is 1. The summed E-state index contributed by atoms with van der Waals surface area (Å²) < 4.78 is 5.47. The number of aliphatic carboxylic acids is 1. The minimum Gasteiger partial charge on any atom is -0.481 e. The number of carboxylic acid groups (broad SMARTS) is 1. The Hall–Kier alpha value is -1.39. The van der Waals surface area contributed by atoms with E-state index >= 15 is 0 Å². The van der Waals surface area contributed by atoms with Crippen LogP contribution in [0.4, 0.5) is 0 Å². The van der Waals surface area contributed by atoms with E-state index in [1.165, 1.54) is 0 Å². The highest BCUT2D eigenvalue weighted by Crippen LogP contribution is 2.13. The summed E-state index contributed by atoms with van der Waals surface area (Å²) in [5, 5.41) is 16.5. The Balaban J connectivity index is 2.42. The number of carbonyl (C=O) groups is 1. The molecule has 0 saturated carbocycles.